The topological polar surface area (TPSA) is 72.9 Å². The second-order valence-corrected chi connectivity index (χ2v) is 8.63. The van der Waals surface area contributed by atoms with Crippen molar-refractivity contribution < 1.29 is 14.7 Å². The molecule has 2 aliphatic rings. The van der Waals surface area contributed by atoms with Gasteiger partial charge in [-0.25, -0.2) is 0 Å². The average molecular weight is 339 g/mol. The molecule has 2 fully saturated rings. The number of nitrogens with zero attached hydrogens (tertiary/aromatic N) is 2. The first-order chi connectivity index (χ1) is 11.0. The Labute approximate surface area is 145 Å². The quantitative estimate of drug-likeness (QED) is 0.779. The summed E-state index contributed by atoms with van der Waals surface area (Å²) < 4.78 is 0. The highest BCUT2D eigenvalue weighted by Crippen LogP contribution is 2.40. The van der Waals surface area contributed by atoms with E-state index in [-0.39, 0.29) is 29.3 Å². The van der Waals surface area contributed by atoms with Crippen LogP contribution in [0.3, 0.4) is 0 Å². The summed E-state index contributed by atoms with van der Waals surface area (Å²) in [7, 11) is 0. The molecule has 1 heterocycles. The zero-order chi connectivity index (χ0) is 18.1. The van der Waals surface area contributed by atoms with E-state index >= 15 is 0 Å². The van der Waals surface area contributed by atoms with E-state index in [0.29, 0.717) is 19.6 Å². The summed E-state index contributed by atoms with van der Waals surface area (Å²) in [5.74, 6) is 0.149. The van der Waals surface area contributed by atoms with Crippen LogP contribution in [0.4, 0.5) is 0 Å². The average Bonchev–Trinajstić information content (AvgIpc) is 3.30. The number of rotatable bonds is 5. The lowest BCUT2D eigenvalue weighted by Gasteiger charge is -2.41. The Hall–Kier alpha value is -1.14. The van der Waals surface area contributed by atoms with E-state index in [9.17, 15) is 14.7 Å². The number of carbonyl (C=O) groups is 2. The third kappa shape index (κ3) is 4.48. The van der Waals surface area contributed by atoms with Gasteiger partial charge in [-0.2, -0.15) is 0 Å². The monoisotopic (exact) mass is 339 g/mol. The molecule has 0 aromatic heterocycles. The lowest BCUT2D eigenvalue weighted by atomic mass is 9.88. The number of carbonyl (C=O) groups excluding carboxylic acids is 2. The van der Waals surface area contributed by atoms with E-state index in [2.05, 4.69) is 10.2 Å². The van der Waals surface area contributed by atoms with E-state index in [1.54, 1.807) is 0 Å². The van der Waals surface area contributed by atoms with Crippen LogP contribution in [0.5, 0.6) is 0 Å². The molecule has 2 atom stereocenters. The predicted octanol–water partition coefficient (Wildman–Crippen LogP) is 0.842. The van der Waals surface area contributed by atoms with E-state index in [1.807, 2.05) is 32.6 Å². The van der Waals surface area contributed by atoms with E-state index in [1.165, 1.54) is 6.92 Å². The molecule has 2 N–H and O–H groups in total. The maximum absolute atomic E-state index is 13.0. The molecular weight excluding hydrogens is 306 g/mol. The van der Waals surface area contributed by atoms with Crippen molar-refractivity contribution >= 4 is 11.8 Å². The fourth-order valence-corrected chi connectivity index (χ4v) is 3.34. The first-order valence-electron chi connectivity index (χ1n) is 9.02. The fraction of sp³-hybridized carbons (Fsp3) is 0.889. The van der Waals surface area contributed by atoms with Crippen LogP contribution in [0.1, 0.15) is 47.5 Å². The van der Waals surface area contributed by atoms with Gasteiger partial charge in [-0.1, -0.05) is 20.8 Å². The standard InChI is InChI=1S/C18H33N3O3/c1-13(22)19-18(5,14-6-7-14)16(24)21-10-8-20(9-11-21)12-15(23)17(2,3)4/h14-15,23H,6-12H2,1-5H3,(H,19,22)/t15-,18+/m0/s1. The van der Waals surface area contributed by atoms with Gasteiger partial charge in [-0.05, 0) is 31.1 Å². The summed E-state index contributed by atoms with van der Waals surface area (Å²) in [6.07, 6.45) is 1.62. The molecule has 0 radical (unpaired) electrons. The molecule has 1 saturated heterocycles. The minimum absolute atomic E-state index is 0.0382. The Morgan fingerprint density at radius 1 is 1.12 bits per heavy atom. The van der Waals surface area contributed by atoms with Crippen LogP contribution < -0.4 is 5.32 Å². The van der Waals surface area contributed by atoms with Gasteiger partial charge in [0.1, 0.15) is 5.54 Å². The summed E-state index contributed by atoms with van der Waals surface area (Å²) in [4.78, 5) is 28.6. The van der Waals surface area contributed by atoms with E-state index in [4.69, 9.17) is 0 Å². The summed E-state index contributed by atoms with van der Waals surface area (Å²) in [5, 5.41) is 13.1. The molecule has 1 aliphatic carbocycles. The van der Waals surface area contributed by atoms with Crippen LogP contribution in [0, 0.1) is 11.3 Å². The van der Waals surface area contributed by atoms with Crippen LogP contribution in [0.15, 0.2) is 0 Å². The molecule has 0 aromatic rings. The van der Waals surface area contributed by atoms with Crippen molar-refractivity contribution in [3.63, 3.8) is 0 Å². The Balaban J connectivity index is 1.91. The first-order valence-corrected chi connectivity index (χ1v) is 9.02. The highest BCUT2D eigenvalue weighted by Gasteiger charge is 2.49. The predicted molar refractivity (Wildman–Crippen MR) is 93.4 cm³/mol. The normalized spacial score (nSPS) is 23.5. The summed E-state index contributed by atoms with van der Waals surface area (Å²) in [6.45, 7) is 12.9. The third-order valence-corrected chi connectivity index (χ3v) is 5.36. The number of β-amino-alcohol motifs (C(OH)–C–C–N with tert-alkyl or cyclic N) is 1. The van der Waals surface area contributed by atoms with Crippen LogP contribution in [-0.2, 0) is 9.59 Å². The van der Waals surface area contributed by atoms with Crippen LogP contribution in [0.2, 0.25) is 0 Å². The van der Waals surface area contributed by atoms with Crippen LogP contribution in [0.25, 0.3) is 0 Å². The summed E-state index contributed by atoms with van der Waals surface area (Å²) >= 11 is 0. The van der Waals surface area contributed by atoms with Gasteiger partial charge in [0.05, 0.1) is 6.10 Å². The highest BCUT2D eigenvalue weighted by molar-refractivity contribution is 5.91. The van der Waals surface area contributed by atoms with Crippen molar-refractivity contribution in [2.45, 2.75) is 59.1 Å². The van der Waals surface area contributed by atoms with Gasteiger partial charge in [-0.3, -0.25) is 14.5 Å². The third-order valence-electron chi connectivity index (χ3n) is 5.36. The van der Waals surface area contributed by atoms with Crippen LogP contribution >= 0.6 is 0 Å². The van der Waals surface area contributed by atoms with Crippen molar-refractivity contribution in [2.75, 3.05) is 32.7 Å². The van der Waals surface area contributed by atoms with Gasteiger partial charge in [0.25, 0.3) is 0 Å². The minimum atomic E-state index is -0.765. The van der Waals surface area contributed by atoms with Crippen molar-refractivity contribution in [3.05, 3.63) is 0 Å². The van der Waals surface area contributed by atoms with Crippen molar-refractivity contribution in [2.24, 2.45) is 11.3 Å². The van der Waals surface area contributed by atoms with Crippen molar-refractivity contribution in [1.29, 1.82) is 0 Å². The van der Waals surface area contributed by atoms with Gasteiger partial charge >= 0.3 is 0 Å². The molecule has 2 rings (SSSR count). The Morgan fingerprint density at radius 3 is 2.08 bits per heavy atom. The Morgan fingerprint density at radius 2 is 1.67 bits per heavy atom. The molecule has 0 spiro atoms. The summed E-state index contributed by atoms with van der Waals surface area (Å²) in [5.41, 5.74) is -0.901. The second-order valence-electron chi connectivity index (χ2n) is 8.63. The first kappa shape index (κ1) is 19.2. The molecule has 6 nitrogen and oxygen atoms in total. The molecule has 0 aromatic carbocycles. The fourth-order valence-electron chi connectivity index (χ4n) is 3.34. The molecule has 1 aliphatic heterocycles. The van der Waals surface area contributed by atoms with Gasteiger partial charge in [0.2, 0.25) is 11.8 Å². The molecule has 24 heavy (non-hydrogen) atoms. The lowest BCUT2D eigenvalue weighted by molar-refractivity contribution is -0.143. The number of hydrogen-bond acceptors (Lipinski definition) is 4. The van der Waals surface area contributed by atoms with Gasteiger partial charge < -0.3 is 15.3 Å². The Kier molecular flexibility index (Phi) is 5.60. The molecular formula is C18H33N3O3. The van der Waals surface area contributed by atoms with E-state index < -0.39 is 5.54 Å². The lowest BCUT2D eigenvalue weighted by Crippen LogP contribution is -2.62. The van der Waals surface area contributed by atoms with Crippen molar-refractivity contribution in [1.82, 2.24) is 15.1 Å². The van der Waals surface area contributed by atoms with Crippen LogP contribution in [-0.4, -0.2) is 71.1 Å². The highest BCUT2D eigenvalue weighted by atomic mass is 16.3. The minimum Gasteiger partial charge on any atom is -0.391 e. The molecule has 1 saturated carbocycles. The molecule has 0 unspecified atom stereocenters. The smallest absolute Gasteiger partial charge is 0.248 e. The zero-order valence-electron chi connectivity index (χ0n) is 15.8. The van der Waals surface area contributed by atoms with Gasteiger partial charge in [0, 0.05) is 39.6 Å². The molecule has 6 heteroatoms. The summed E-state index contributed by atoms with van der Waals surface area (Å²) in [6, 6.07) is 0. The second kappa shape index (κ2) is 7.00. The van der Waals surface area contributed by atoms with Gasteiger partial charge in [-0.15, -0.1) is 0 Å². The molecule has 0 bridgehead atoms. The number of aliphatic hydroxyl groups is 1. The number of aliphatic hydroxyl groups excluding tert-OH is 1. The number of amides is 2. The number of hydrogen-bond donors (Lipinski definition) is 2. The SMILES string of the molecule is CC(=O)N[C@@](C)(C(=O)N1CCN(C[C@H](O)C(C)(C)C)CC1)C1CC1. The largest absolute Gasteiger partial charge is 0.391 e. The molecule has 138 valence electrons. The van der Waals surface area contributed by atoms with Gasteiger partial charge in [0.15, 0.2) is 0 Å². The Bertz CT molecular complexity index is 476. The van der Waals surface area contributed by atoms with Crippen molar-refractivity contribution in [3.8, 4) is 0 Å². The number of nitrogens with one attached hydrogen (secondary N) is 1. The maximum Gasteiger partial charge on any atom is 0.248 e. The van der Waals surface area contributed by atoms with E-state index in [0.717, 1.165) is 25.9 Å². The molecule has 2 amide bonds. The zero-order valence-corrected chi connectivity index (χ0v) is 15.8. The maximum atomic E-state index is 13.0. The number of piperazine rings is 1.